The molecular formula is C26H32N6O. The van der Waals surface area contributed by atoms with Gasteiger partial charge in [-0.2, -0.15) is 15.0 Å². The number of aromatic nitrogens is 3. The first-order valence-corrected chi connectivity index (χ1v) is 12.1. The van der Waals surface area contributed by atoms with Crippen LogP contribution in [-0.2, 0) is 6.54 Å². The van der Waals surface area contributed by atoms with E-state index < -0.39 is 0 Å². The SMILES string of the molecule is O=C(NC1CCCC1)c1ccc(N2CCC(NCc3cnn(-c4ccccc4)n3)CC2)cc1. The summed E-state index contributed by atoms with van der Waals surface area (Å²) in [5, 5.41) is 15.8. The third-order valence-electron chi connectivity index (χ3n) is 6.78. The molecule has 1 aromatic heterocycles. The van der Waals surface area contributed by atoms with Gasteiger partial charge < -0.3 is 15.5 Å². The second-order valence-electron chi connectivity index (χ2n) is 9.10. The minimum Gasteiger partial charge on any atom is -0.371 e. The summed E-state index contributed by atoms with van der Waals surface area (Å²) in [5.74, 6) is 0.0561. The first kappa shape index (κ1) is 21.6. The van der Waals surface area contributed by atoms with E-state index in [4.69, 9.17) is 0 Å². The van der Waals surface area contributed by atoms with E-state index in [0.717, 1.165) is 62.3 Å². The number of anilines is 1. The van der Waals surface area contributed by atoms with Crippen LogP contribution in [-0.4, -0.2) is 46.1 Å². The van der Waals surface area contributed by atoms with Crippen molar-refractivity contribution in [3.05, 3.63) is 72.1 Å². The summed E-state index contributed by atoms with van der Waals surface area (Å²) in [6.45, 7) is 2.73. The van der Waals surface area contributed by atoms with Crippen LogP contribution in [0.1, 0.15) is 54.6 Å². The molecule has 2 N–H and O–H groups in total. The Morgan fingerprint density at radius 1 is 0.879 bits per heavy atom. The fraction of sp³-hybridized carbons (Fsp3) is 0.423. The maximum atomic E-state index is 12.5. The van der Waals surface area contributed by atoms with Gasteiger partial charge in [-0.3, -0.25) is 4.79 Å². The monoisotopic (exact) mass is 444 g/mol. The van der Waals surface area contributed by atoms with Crippen molar-refractivity contribution in [3.8, 4) is 5.69 Å². The van der Waals surface area contributed by atoms with Crippen LogP contribution < -0.4 is 15.5 Å². The molecule has 0 unspecified atom stereocenters. The predicted molar refractivity (Wildman–Crippen MR) is 130 cm³/mol. The van der Waals surface area contributed by atoms with Gasteiger partial charge >= 0.3 is 0 Å². The van der Waals surface area contributed by atoms with Crippen molar-refractivity contribution in [2.45, 2.75) is 57.2 Å². The van der Waals surface area contributed by atoms with Crippen LogP contribution in [0, 0.1) is 0 Å². The molecule has 2 aromatic carbocycles. The predicted octanol–water partition coefficient (Wildman–Crippen LogP) is 3.70. The lowest BCUT2D eigenvalue weighted by Gasteiger charge is -2.34. The van der Waals surface area contributed by atoms with E-state index in [2.05, 4.69) is 37.9 Å². The molecule has 1 amide bonds. The van der Waals surface area contributed by atoms with Gasteiger partial charge in [-0.1, -0.05) is 31.0 Å². The number of benzene rings is 2. The molecule has 2 aliphatic rings. The van der Waals surface area contributed by atoms with E-state index in [-0.39, 0.29) is 5.91 Å². The Morgan fingerprint density at radius 2 is 1.61 bits per heavy atom. The minimum atomic E-state index is 0.0561. The molecule has 0 bridgehead atoms. The van der Waals surface area contributed by atoms with Crippen molar-refractivity contribution in [1.29, 1.82) is 0 Å². The molecule has 5 rings (SSSR count). The van der Waals surface area contributed by atoms with Crippen molar-refractivity contribution in [3.63, 3.8) is 0 Å². The molecule has 1 saturated heterocycles. The zero-order chi connectivity index (χ0) is 22.5. The van der Waals surface area contributed by atoms with Gasteiger partial charge in [0.05, 0.1) is 17.6 Å². The summed E-state index contributed by atoms with van der Waals surface area (Å²) in [7, 11) is 0. The second-order valence-corrected chi connectivity index (χ2v) is 9.10. The molecular weight excluding hydrogens is 412 g/mol. The zero-order valence-electron chi connectivity index (χ0n) is 19.0. The molecule has 2 heterocycles. The van der Waals surface area contributed by atoms with Crippen molar-refractivity contribution >= 4 is 11.6 Å². The van der Waals surface area contributed by atoms with Crippen LogP contribution in [0.3, 0.4) is 0 Å². The summed E-state index contributed by atoms with van der Waals surface area (Å²) < 4.78 is 0. The number of carbonyl (C=O) groups excluding carboxylic acids is 1. The molecule has 1 aliphatic heterocycles. The number of nitrogens with zero attached hydrogens (tertiary/aromatic N) is 4. The van der Waals surface area contributed by atoms with Gasteiger partial charge in [0.15, 0.2) is 0 Å². The third kappa shape index (κ3) is 5.42. The van der Waals surface area contributed by atoms with E-state index in [9.17, 15) is 4.79 Å². The van der Waals surface area contributed by atoms with Gasteiger partial charge in [-0.05, 0) is 62.1 Å². The highest BCUT2D eigenvalue weighted by atomic mass is 16.1. The normalized spacial score (nSPS) is 17.4. The van der Waals surface area contributed by atoms with Crippen molar-refractivity contribution in [2.24, 2.45) is 0 Å². The van der Waals surface area contributed by atoms with Crippen LogP contribution in [0.2, 0.25) is 0 Å². The Bertz CT molecular complexity index is 1030. The largest absolute Gasteiger partial charge is 0.371 e. The lowest BCUT2D eigenvalue weighted by atomic mass is 10.0. The summed E-state index contributed by atoms with van der Waals surface area (Å²) >= 11 is 0. The Morgan fingerprint density at radius 3 is 2.33 bits per heavy atom. The number of hydrogen-bond acceptors (Lipinski definition) is 5. The van der Waals surface area contributed by atoms with Crippen molar-refractivity contribution in [2.75, 3.05) is 18.0 Å². The van der Waals surface area contributed by atoms with E-state index >= 15 is 0 Å². The molecule has 0 atom stereocenters. The molecule has 1 aliphatic carbocycles. The summed E-state index contributed by atoms with van der Waals surface area (Å²) in [6.07, 6.45) is 8.66. The number of nitrogens with one attached hydrogen (secondary N) is 2. The lowest BCUT2D eigenvalue weighted by molar-refractivity contribution is 0.0938. The van der Waals surface area contributed by atoms with Gasteiger partial charge in [0.1, 0.15) is 0 Å². The number of para-hydroxylation sites is 1. The molecule has 172 valence electrons. The van der Waals surface area contributed by atoms with Crippen molar-refractivity contribution < 1.29 is 4.79 Å². The molecule has 3 aromatic rings. The summed E-state index contributed by atoms with van der Waals surface area (Å²) in [4.78, 5) is 16.5. The molecule has 2 fully saturated rings. The quantitative estimate of drug-likeness (QED) is 0.581. The smallest absolute Gasteiger partial charge is 0.251 e. The Balaban J connectivity index is 1.08. The van der Waals surface area contributed by atoms with Crippen molar-refractivity contribution in [1.82, 2.24) is 25.6 Å². The van der Waals surface area contributed by atoms with Crippen LogP contribution in [0.25, 0.3) is 5.69 Å². The third-order valence-corrected chi connectivity index (χ3v) is 6.78. The number of carbonyl (C=O) groups is 1. The van der Waals surface area contributed by atoms with E-state index in [1.165, 1.54) is 18.5 Å². The van der Waals surface area contributed by atoms with Gasteiger partial charge in [0.2, 0.25) is 0 Å². The number of piperidine rings is 1. The Kier molecular flexibility index (Phi) is 6.67. The van der Waals surface area contributed by atoms with Crippen LogP contribution in [0.5, 0.6) is 0 Å². The van der Waals surface area contributed by atoms with E-state index in [0.29, 0.717) is 12.1 Å². The minimum absolute atomic E-state index is 0.0561. The maximum absolute atomic E-state index is 12.5. The highest BCUT2D eigenvalue weighted by Crippen LogP contribution is 2.22. The van der Waals surface area contributed by atoms with Gasteiger partial charge in [0.25, 0.3) is 5.91 Å². The van der Waals surface area contributed by atoms with Gasteiger partial charge in [-0.25, -0.2) is 0 Å². The second kappa shape index (κ2) is 10.2. The molecule has 1 saturated carbocycles. The number of amides is 1. The number of hydrogen-bond donors (Lipinski definition) is 2. The average molecular weight is 445 g/mol. The molecule has 7 heteroatoms. The molecule has 33 heavy (non-hydrogen) atoms. The zero-order valence-corrected chi connectivity index (χ0v) is 19.0. The summed E-state index contributed by atoms with van der Waals surface area (Å²) in [5.41, 5.74) is 3.87. The topological polar surface area (TPSA) is 75.1 Å². The Labute approximate surface area is 195 Å². The van der Waals surface area contributed by atoms with Crippen LogP contribution >= 0.6 is 0 Å². The first-order chi connectivity index (χ1) is 16.2. The average Bonchev–Trinajstić information content (AvgIpc) is 3.56. The highest BCUT2D eigenvalue weighted by molar-refractivity contribution is 5.94. The fourth-order valence-corrected chi connectivity index (χ4v) is 4.81. The standard InChI is InChI=1S/C26H32N6O/c33-26(29-22-6-4-5-7-22)20-10-12-24(13-11-20)31-16-14-21(15-17-31)27-18-23-19-28-32(30-23)25-8-2-1-3-9-25/h1-3,8-13,19,21-22,27H,4-7,14-18H2,(H,29,33). The van der Waals surface area contributed by atoms with Crippen LogP contribution in [0.15, 0.2) is 60.8 Å². The fourth-order valence-electron chi connectivity index (χ4n) is 4.81. The van der Waals surface area contributed by atoms with Gasteiger partial charge in [0, 0.05) is 43.0 Å². The maximum Gasteiger partial charge on any atom is 0.251 e. The first-order valence-electron chi connectivity index (χ1n) is 12.1. The van der Waals surface area contributed by atoms with Gasteiger partial charge in [-0.15, -0.1) is 0 Å². The highest BCUT2D eigenvalue weighted by Gasteiger charge is 2.21. The van der Waals surface area contributed by atoms with Crippen LogP contribution in [0.4, 0.5) is 5.69 Å². The summed E-state index contributed by atoms with van der Waals surface area (Å²) in [6, 6.07) is 18.9. The lowest BCUT2D eigenvalue weighted by Crippen LogP contribution is -2.42. The van der Waals surface area contributed by atoms with E-state index in [1.54, 1.807) is 4.80 Å². The number of rotatable bonds is 7. The van der Waals surface area contributed by atoms with E-state index in [1.807, 2.05) is 48.7 Å². The Hall–Kier alpha value is -3.19. The molecule has 7 nitrogen and oxygen atoms in total. The molecule has 0 spiro atoms. The molecule has 0 radical (unpaired) electrons.